The minimum atomic E-state index is -3.89. The molecule has 25 heavy (non-hydrogen) atoms. The van der Waals surface area contributed by atoms with Gasteiger partial charge in [0.05, 0.1) is 4.90 Å². The molecule has 1 N–H and O–H groups in total. The van der Waals surface area contributed by atoms with E-state index in [1.54, 1.807) is 46.8 Å². The molecule has 1 aromatic rings. The Hall–Kier alpha value is -1.25. The third-order valence-electron chi connectivity index (χ3n) is 3.51. The van der Waals surface area contributed by atoms with Gasteiger partial charge in [-0.05, 0) is 30.2 Å². The lowest BCUT2D eigenvalue weighted by Crippen LogP contribution is -2.46. The normalized spacial score (nSPS) is 13.6. The predicted octanol–water partition coefficient (Wildman–Crippen LogP) is 2.91. The number of halogens is 1. The van der Waals surface area contributed by atoms with E-state index in [1.807, 2.05) is 0 Å². The number of esters is 1. The van der Waals surface area contributed by atoms with E-state index in [0.717, 1.165) is 4.47 Å². The van der Waals surface area contributed by atoms with Crippen LogP contribution in [0.15, 0.2) is 33.6 Å². The number of benzene rings is 1. The summed E-state index contributed by atoms with van der Waals surface area (Å²) in [5, 5.41) is 0. The van der Waals surface area contributed by atoms with Gasteiger partial charge in [-0.15, -0.1) is 0 Å². The highest BCUT2D eigenvalue weighted by molar-refractivity contribution is 9.10. The van der Waals surface area contributed by atoms with Crippen LogP contribution in [0.25, 0.3) is 0 Å². The molecule has 0 radical (unpaired) electrons. The monoisotopic (exact) mass is 433 g/mol. The van der Waals surface area contributed by atoms with Crippen molar-refractivity contribution in [3.8, 4) is 0 Å². The van der Waals surface area contributed by atoms with Crippen molar-refractivity contribution in [1.82, 2.24) is 4.72 Å². The number of carbonyl (C=O) groups is 2. The smallest absolute Gasteiger partial charge is 0.324 e. The quantitative estimate of drug-likeness (QED) is 0.667. The zero-order chi connectivity index (χ0) is 19.4. The number of rotatable bonds is 7. The number of ether oxygens (including phenoxy) is 1. The van der Waals surface area contributed by atoms with Crippen LogP contribution >= 0.6 is 15.9 Å². The summed E-state index contributed by atoms with van der Waals surface area (Å²) in [5.74, 6) is -1.35. The van der Waals surface area contributed by atoms with Crippen LogP contribution in [0.1, 0.15) is 34.6 Å². The summed E-state index contributed by atoms with van der Waals surface area (Å²) in [4.78, 5) is 24.2. The predicted molar refractivity (Wildman–Crippen MR) is 98.5 cm³/mol. The van der Waals surface area contributed by atoms with Crippen molar-refractivity contribution in [2.45, 2.75) is 45.6 Å². The summed E-state index contributed by atoms with van der Waals surface area (Å²) in [6.45, 7) is 8.17. The summed E-state index contributed by atoms with van der Waals surface area (Å²) < 4.78 is 33.1. The summed E-state index contributed by atoms with van der Waals surface area (Å²) in [6.07, 6.45) is 0. The van der Waals surface area contributed by atoms with Crippen molar-refractivity contribution in [2.24, 2.45) is 11.3 Å². The lowest BCUT2D eigenvalue weighted by atomic mass is 9.91. The Labute approximate surface area is 157 Å². The molecule has 8 heteroatoms. The first-order valence-electron chi connectivity index (χ1n) is 7.82. The summed E-state index contributed by atoms with van der Waals surface area (Å²) in [6, 6.07) is 4.97. The van der Waals surface area contributed by atoms with Crippen molar-refractivity contribution in [3.05, 3.63) is 28.7 Å². The Morgan fingerprint density at radius 1 is 1.16 bits per heavy atom. The van der Waals surface area contributed by atoms with Gasteiger partial charge in [-0.3, -0.25) is 9.59 Å². The van der Waals surface area contributed by atoms with Crippen LogP contribution in [-0.2, 0) is 24.3 Å². The van der Waals surface area contributed by atoms with Crippen LogP contribution in [0.3, 0.4) is 0 Å². The lowest BCUT2D eigenvalue weighted by molar-refractivity contribution is -0.152. The first-order chi connectivity index (χ1) is 11.3. The third kappa shape index (κ3) is 6.52. The first-order valence-corrected chi connectivity index (χ1v) is 10.1. The van der Waals surface area contributed by atoms with Gasteiger partial charge in [-0.2, -0.15) is 4.72 Å². The fraction of sp³-hybridized carbons (Fsp3) is 0.529. The van der Waals surface area contributed by atoms with Gasteiger partial charge >= 0.3 is 5.97 Å². The van der Waals surface area contributed by atoms with E-state index in [2.05, 4.69) is 20.7 Å². The van der Waals surface area contributed by atoms with Crippen LogP contribution in [0, 0.1) is 11.3 Å². The number of nitrogens with one attached hydrogen (secondary N) is 1. The lowest BCUT2D eigenvalue weighted by Gasteiger charge is -2.22. The number of ketones is 1. The van der Waals surface area contributed by atoms with Crippen LogP contribution in [-0.4, -0.2) is 32.8 Å². The molecule has 0 aliphatic rings. The number of Topliss-reactive ketones (excluding diaryl/α,β-unsaturated/α-hetero) is 1. The van der Waals surface area contributed by atoms with E-state index in [1.165, 1.54) is 12.1 Å². The van der Waals surface area contributed by atoms with E-state index in [-0.39, 0.29) is 23.2 Å². The fourth-order valence-electron chi connectivity index (χ4n) is 1.75. The molecule has 1 rings (SSSR count). The van der Waals surface area contributed by atoms with E-state index in [4.69, 9.17) is 4.74 Å². The molecule has 0 heterocycles. The highest BCUT2D eigenvalue weighted by Crippen LogP contribution is 2.17. The van der Waals surface area contributed by atoms with Crippen LogP contribution in [0.2, 0.25) is 0 Å². The van der Waals surface area contributed by atoms with Gasteiger partial charge in [-0.25, -0.2) is 8.42 Å². The molecule has 0 aliphatic carbocycles. The maximum Gasteiger partial charge on any atom is 0.324 e. The Morgan fingerprint density at radius 2 is 1.68 bits per heavy atom. The second-order valence-electron chi connectivity index (χ2n) is 7.08. The molecule has 0 saturated carbocycles. The standard InChI is InChI=1S/C17H24BrNO5S/c1-11(2)15(16(21)24-10-14(20)17(3,4)5)19-25(22,23)13-8-6-12(18)7-9-13/h6-9,11,15,19H,10H2,1-5H3. The molecular formula is C17H24BrNO5S. The third-order valence-corrected chi connectivity index (χ3v) is 5.49. The van der Waals surface area contributed by atoms with Gasteiger partial charge in [0.25, 0.3) is 0 Å². The average molecular weight is 434 g/mol. The number of sulfonamides is 1. The van der Waals surface area contributed by atoms with Gasteiger partial charge in [0.1, 0.15) is 6.04 Å². The molecule has 140 valence electrons. The maximum atomic E-state index is 12.5. The molecule has 6 nitrogen and oxygen atoms in total. The maximum absolute atomic E-state index is 12.5. The van der Waals surface area contributed by atoms with Gasteiger partial charge < -0.3 is 4.74 Å². The van der Waals surface area contributed by atoms with Gasteiger partial charge in [0.15, 0.2) is 12.4 Å². The summed E-state index contributed by atoms with van der Waals surface area (Å²) >= 11 is 3.24. The number of hydrogen-bond donors (Lipinski definition) is 1. The van der Waals surface area contributed by atoms with Crippen LogP contribution in [0.5, 0.6) is 0 Å². The second kappa shape index (κ2) is 8.42. The van der Waals surface area contributed by atoms with Gasteiger partial charge in [0.2, 0.25) is 10.0 Å². The Morgan fingerprint density at radius 3 is 2.12 bits per heavy atom. The number of hydrogen-bond acceptors (Lipinski definition) is 5. The van der Waals surface area contributed by atoms with E-state index < -0.39 is 27.4 Å². The van der Waals surface area contributed by atoms with Gasteiger partial charge in [0, 0.05) is 9.89 Å². The topological polar surface area (TPSA) is 89.5 Å². The van der Waals surface area contributed by atoms with Crippen molar-refractivity contribution >= 4 is 37.7 Å². The highest BCUT2D eigenvalue weighted by Gasteiger charge is 2.31. The molecule has 0 fully saturated rings. The largest absolute Gasteiger partial charge is 0.456 e. The van der Waals surface area contributed by atoms with Crippen LogP contribution < -0.4 is 4.72 Å². The summed E-state index contributed by atoms with van der Waals surface area (Å²) in [7, 11) is -3.89. The molecule has 0 aromatic heterocycles. The highest BCUT2D eigenvalue weighted by atomic mass is 79.9. The SMILES string of the molecule is CC(C)C(NS(=O)(=O)c1ccc(Br)cc1)C(=O)OCC(=O)C(C)(C)C. The van der Waals surface area contributed by atoms with E-state index in [9.17, 15) is 18.0 Å². The van der Waals surface area contributed by atoms with E-state index in [0.29, 0.717) is 0 Å². The summed E-state index contributed by atoms with van der Waals surface area (Å²) in [5.41, 5.74) is -0.634. The van der Waals surface area contributed by atoms with Gasteiger partial charge in [-0.1, -0.05) is 50.5 Å². The molecule has 0 spiro atoms. The molecule has 1 atom stereocenters. The Bertz CT molecular complexity index is 720. The molecule has 1 unspecified atom stereocenters. The Balaban J connectivity index is 2.88. The minimum absolute atomic E-state index is 0.0416. The molecule has 0 saturated heterocycles. The molecular weight excluding hydrogens is 410 g/mol. The first kappa shape index (κ1) is 21.8. The van der Waals surface area contributed by atoms with Crippen molar-refractivity contribution in [2.75, 3.05) is 6.61 Å². The zero-order valence-electron chi connectivity index (χ0n) is 15.0. The number of carbonyl (C=O) groups excluding carboxylic acids is 2. The Kier molecular flexibility index (Phi) is 7.34. The van der Waals surface area contributed by atoms with Crippen molar-refractivity contribution in [3.63, 3.8) is 0 Å². The van der Waals surface area contributed by atoms with E-state index >= 15 is 0 Å². The fourth-order valence-corrected chi connectivity index (χ4v) is 3.35. The molecule has 0 amide bonds. The minimum Gasteiger partial charge on any atom is -0.456 e. The van der Waals surface area contributed by atoms with Crippen molar-refractivity contribution in [1.29, 1.82) is 0 Å². The molecule has 0 aliphatic heterocycles. The van der Waals surface area contributed by atoms with Crippen molar-refractivity contribution < 1.29 is 22.7 Å². The zero-order valence-corrected chi connectivity index (χ0v) is 17.4. The second-order valence-corrected chi connectivity index (χ2v) is 9.71. The molecule has 1 aromatic carbocycles. The average Bonchev–Trinajstić information content (AvgIpc) is 2.49. The van der Waals surface area contributed by atoms with Crippen LogP contribution in [0.4, 0.5) is 0 Å². The molecule has 0 bridgehead atoms.